The number of hydrogen-bond donors (Lipinski definition) is 2. The largest absolute Gasteiger partial charge is 0.507 e. The van der Waals surface area contributed by atoms with Gasteiger partial charge in [0.25, 0.3) is 5.92 Å². The standard InChI is InChI=1S/C26H35F2N3O/c1-5-8-20(30-21-9-7-14-31(17-21)22-10-6-11-22)15-18(2)25(29-4)23-13-12-19(16-24(23)32)26(3,27)28/h5,12-13,15-16,21-22,30,32H,1,4,6-11,14,17H2,2-3H3/b20-15+,25-18-/t21-/m1/s1. The van der Waals surface area contributed by atoms with Crippen molar-refractivity contribution in [2.75, 3.05) is 13.1 Å². The lowest BCUT2D eigenvalue weighted by molar-refractivity contribution is 0.0172. The van der Waals surface area contributed by atoms with Gasteiger partial charge in [-0.25, -0.2) is 8.78 Å². The van der Waals surface area contributed by atoms with E-state index in [0.29, 0.717) is 23.7 Å². The molecule has 174 valence electrons. The molecule has 32 heavy (non-hydrogen) atoms. The van der Waals surface area contributed by atoms with Gasteiger partial charge < -0.3 is 10.4 Å². The van der Waals surface area contributed by atoms with E-state index in [1.807, 2.05) is 19.1 Å². The third kappa shape index (κ3) is 5.85. The number of piperidine rings is 1. The van der Waals surface area contributed by atoms with Gasteiger partial charge in [-0.1, -0.05) is 18.6 Å². The highest BCUT2D eigenvalue weighted by Crippen LogP contribution is 2.35. The number of phenols is 1. The quantitative estimate of drug-likeness (QED) is 0.279. The minimum atomic E-state index is -3.02. The molecule has 2 fully saturated rings. The number of aliphatic imine (C=N–C) groups is 1. The molecule has 0 amide bonds. The first-order valence-corrected chi connectivity index (χ1v) is 11.4. The van der Waals surface area contributed by atoms with Crippen LogP contribution in [0.2, 0.25) is 0 Å². The lowest BCUT2D eigenvalue weighted by Crippen LogP contribution is -2.51. The molecule has 0 radical (unpaired) electrons. The third-order valence-corrected chi connectivity index (χ3v) is 6.48. The van der Waals surface area contributed by atoms with Gasteiger partial charge in [0, 0.05) is 48.8 Å². The molecule has 3 rings (SSSR count). The maximum Gasteiger partial charge on any atom is 0.270 e. The Morgan fingerprint density at radius 3 is 2.62 bits per heavy atom. The minimum Gasteiger partial charge on any atom is -0.507 e. The number of phenolic OH excluding ortho intramolecular Hbond substituents is 1. The van der Waals surface area contributed by atoms with Crippen molar-refractivity contribution in [2.24, 2.45) is 4.99 Å². The van der Waals surface area contributed by atoms with E-state index in [-0.39, 0.29) is 11.3 Å². The summed E-state index contributed by atoms with van der Waals surface area (Å²) in [5.41, 5.74) is 2.43. The predicted octanol–water partition coefficient (Wildman–Crippen LogP) is 6.00. The zero-order valence-corrected chi connectivity index (χ0v) is 19.2. The van der Waals surface area contributed by atoms with Crippen LogP contribution in [-0.4, -0.2) is 41.9 Å². The number of rotatable bonds is 9. The van der Waals surface area contributed by atoms with Crippen molar-refractivity contribution in [3.63, 3.8) is 0 Å². The van der Waals surface area contributed by atoms with E-state index in [2.05, 4.69) is 28.5 Å². The molecule has 1 saturated heterocycles. The Morgan fingerprint density at radius 2 is 2.06 bits per heavy atom. The smallest absolute Gasteiger partial charge is 0.270 e. The molecule has 1 aliphatic carbocycles. The van der Waals surface area contributed by atoms with Crippen molar-refractivity contribution >= 4 is 12.4 Å². The van der Waals surface area contributed by atoms with Gasteiger partial charge in [-0.05, 0) is 69.7 Å². The first kappa shape index (κ1) is 24.2. The molecule has 2 aliphatic rings. The van der Waals surface area contributed by atoms with E-state index in [1.54, 1.807) is 0 Å². The predicted molar refractivity (Wildman–Crippen MR) is 128 cm³/mol. The lowest BCUT2D eigenvalue weighted by Gasteiger charge is -2.43. The van der Waals surface area contributed by atoms with Crippen LogP contribution in [0.4, 0.5) is 8.78 Å². The molecule has 6 heteroatoms. The molecule has 0 bridgehead atoms. The van der Waals surface area contributed by atoms with E-state index in [0.717, 1.165) is 43.3 Å². The Balaban J connectivity index is 1.82. The highest BCUT2D eigenvalue weighted by Gasteiger charge is 2.29. The van der Waals surface area contributed by atoms with Crippen molar-refractivity contribution in [1.29, 1.82) is 0 Å². The number of allylic oxidation sites excluding steroid dienone is 3. The maximum absolute atomic E-state index is 13.6. The van der Waals surface area contributed by atoms with Crippen LogP contribution in [0.25, 0.3) is 5.70 Å². The van der Waals surface area contributed by atoms with Crippen molar-refractivity contribution in [3.05, 3.63) is 59.3 Å². The Labute approximate surface area is 190 Å². The molecule has 4 nitrogen and oxygen atoms in total. The maximum atomic E-state index is 13.6. The zero-order valence-electron chi connectivity index (χ0n) is 19.2. The van der Waals surface area contributed by atoms with Gasteiger partial charge >= 0.3 is 0 Å². The van der Waals surface area contributed by atoms with Crippen LogP contribution in [0.3, 0.4) is 0 Å². The van der Waals surface area contributed by atoms with Gasteiger partial charge in [0.2, 0.25) is 0 Å². The van der Waals surface area contributed by atoms with Gasteiger partial charge in [0.1, 0.15) is 5.75 Å². The molecule has 1 heterocycles. The molecule has 0 spiro atoms. The topological polar surface area (TPSA) is 47.9 Å². The summed E-state index contributed by atoms with van der Waals surface area (Å²) in [6, 6.07) is 5.00. The summed E-state index contributed by atoms with van der Waals surface area (Å²) in [6.45, 7) is 12.4. The third-order valence-electron chi connectivity index (χ3n) is 6.48. The van der Waals surface area contributed by atoms with Gasteiger partial charge in [-0.3, -0.25) is 9.89 Å². The Kier molecular flexibility index (Phi) is 7.88. The second-order valence-corrected chi connectivity index (χ2v) is 9.04. The normalized spacial score (nSPS) is 21.5. The van der Waals surface area contributed by atoms with Crippen LogP contribution in [-0.2, 0) is 5.92 Å². The van der Waals surface area contributed by atoms with E-state index in [4.69, 9.17) is 0 Å². The SMILES string of the molecule is C=CC/C(=C\C(C)=C(/N=C)c1ccc(C(C)(F)F)cc1O)N[C@@H]1CCCN(C2CCC2)C1. The lowest BCUT2D eigenvalue weighted by atomic mass is 9.89. The summed E-state index contributed by atoms with van der Waals surface area (Å²) in [4.78, 5) is 6.71. The number of likely N-dealkylation sites (tertiary alicyclic amines) is 1. The fourth-order valence-electron chi connectivity index (χ4n) is 4.54. The van der Waals surface area contributed by atoms with Crippen LogP contribution < -0.4 is 5.32 Å². The molecule has 1 aromatic carbocycles. The monoisotopic (exact) mass is 443 g/mol. The van der Waals surface area contributed by atoms with Crippen LogP contribution in [0, 0.1) is 0 Å². The zero-order chi connectivity index (χ0) is 23.3. The summed E-state index contributed by atoms with van der Waals surface area (Å²) in [5.74, 6) is -3.26. The van der Waals surface area contributed by atoms with Crippen molar-refractivity contribution in [2.45, 2.75) is 70.4 Å². The number of hydrogen-bond acceptors (Lipinski definition) is 4. The number of halogens is 2. The van der Waals surface area contributed by atoms with Crippen LogP contribution in [0.1, 0.15) is 63.5 Å². The second-order valence-electron chi connectivity index (χ2n) is 9.04. The highest BCUT2D eigenvalue weighted by molar-refractivity contribution is 5.76. The summed E-state index contributed by atoms with van der Waals surface area (Å²) >= 11 is 0. The van der Waals surface area contributed by atoms with Crippen LogP contribution in [0.15, 0.2) is 53.2 Å². The van der Waals surface area contributed by atoms with Crippen LogP contribution in [0.5, 0.6) is 5.75 Å². The van der Waals surface area contributed by atoms with E-state index < -0.39 is 5.92 Å². The molecular weight excluding hydrogens is 408 g/mol. The molecule has 1 atom stereocenters. The number of nitrogens with one attached hydrogen (secondary N) is 1. The Morgan fingerprint density at radius 1 is 1.31 bits per heavy atom. The number of benzene rings is 1. The molecule has 1 aromatic rings. The van der Waals surface area contributed by atoms with E-state index >= 15 is 0 Å². The summed E-state index contributed by atoms with van der Waals surface area (Å²) < 4.78 is 27.2. The average Bonchev–Trinajstić information content (AvgIpc) is 2.68. The molecule has 1 aliphatic heterocycles. The Bertz CT molecular complexity index is 897. The Hall–Kier alpha value is -2.47. The molecule has 1 saturated carbocycles. The number of alkyl halides is 2. The first-order chi connectivity index (χ1) is 15.2. The molecule has 0 aromatic heterocycles. The van der Waals surface area contributed by atoms with Gasteiger partial charge in [-0.2, -0.15) is 0 Å². The van der Waals surface area contributed by atoms with E-state index in [9.17, 15) is 13.9 Å². The summed E-state index contributed by atoms with van der Waals surface area (Å²) in [7, 11) is 0. The second kappa shape index (κ2) is 10.4. The van der Waals surface area contributed by atoms with Crippen molar-refractivity contribution in [3.8, 4) is 5.75 Å². The summed E-state index contributed by atoms with van der Waals surface area (Å²) in [5, 5.41) is 14.1. The fraction of sp³-hybridized carbons (Fsp3) is 0.500. The first-order valence-electron chi connectivity index (χ1n) is 11.4. The number of aromatic hydroxyl groups is 1. The minimum absolute atomic E-state index is 0.235. The van der Waals surface area contributed by atoms with E-state index in [1.165, 1.54) is 44.4 Å². The average molecular weight is 444 g/mol. The molecule has 2 N–H and O–H groups in total. The van der Waals surface area contributed by atoms with Crippen molar-refractivity contribution < 1.29 is 13.9 Å². The number of nitrogens with zero attached hydrogens (tertiary/aromatic N) is 2. The van der Waals surface area contributed by atoms with Gasteiger partial charge in [0.15, 0.2) is 0 Å². The molecular formula is C26H35F2N3O. The fourth-order valence-corrected chi connectivity index (χ4v) is 4.54. The van der Waals surface area contributed by atoms with Gasteiger partial charge in [0.05, 0.1) is 5.70 Å². The van der Waals surface area contributed by atoms with Crippen LogP contribution >= 0.6 is 0 Å². The van der Waals surface area contributed by atoms with Gasteiger partial charge in [-0.15, -0.1) is 6.58 Å². The highest BCUT2D eigenvalue weighted by atomic mass is 19.3. The molecule has 0 unspecified atom stereocenters. The summed E-state index contributed by atoms with van der Waals surface area (Å²) in [6.07, 6.45) is 10.8. The van der Waals surface area contributed by atoms with Crippen molar-refractivity contribution in [1.82, 2.24) is 10.2 Å².